The number of hydrogen-bond acceptors (Lipinski definition) is 13. The summed E-state index contributed by atoms with van der Waals surface area (Å²) in [5, 5.41) is 11.9. The Balaban J connectivity index is 1.21. The highest BCUT2D eigenvalue weighted by atomic mass is 32.2. The van der Waals surface area contributed by atoms with E-state index in [-0.39, 0.29) is 60.9 Å². The summed E-state index contributed by atoms with van der Waals surface area (Å²) in [5.41, 5.74) is -1.57. The lowest BCUT2D eigenvalue weighted by atomic mass is 9.89. The van der Waals surface area contributed by atoms with Crippen LogP contribution in [-0.2, 0) is 45.4 Å². The highest BCUT2D eigenvalue weighted by molar-refractivity contribution is 8.00. The lowest BCUT2D eigenvalue weighted by Crippen LogP contribution is -2.59. The number of amides is 1. The predicted molar refractivity (Wildman–Crippen MR) is 196 cm³/mol. The Morgan fingerprint density at radius 3 is 2.50 bits per heavy atom. The fraction of sp³-hybridized carbons (Fsp3) is 0.421. The number of halogens is 3. The number of aromatic nitrogens is 3. The van der Waals surface area contributed by atoms with E-state index < -0.39 is 53.5 Å². The minimum Gasteiger partial charge on any atom is -0.428 e. The quantitative estimate of drug-likeness (QED) is 0.111. The van der Waals surface area contributed by atoms with Gasteiger partial charge in [-0.3, -0.25) is 9.59 Å². The number of likely N-dealkylation sites (N-methyl/N-ethyl adjacent to an activating group) is 1. The van der Waals surface area contributed by atoms with Crippen LogP contribution in [0.3, 0.4) is 0 Å². The predicted octanol–water partition coefficient (Wildman–Crippen LogP) is 4.80. The number of allylic oxidation sites excluding steroid dienone is 2. The van der Waals surface area contributed by atoms with E-state index in [1.807, 2.05) is 25.1 Å². The molecular formula is C38H41F3N6O8S. The van der Waals surface area contributed by atoms with Crippen LogP contribution in [0, 0.1) is 28.8 Å². The van der Waals surface area contributed by atoms with Gasteiger partial charge in [0.15, 0.2) is 11.9 Å². The molecule has 0 bridgehead atoms. The number of thioether (sulfide) groups is 1. The molecule has 1 amide bonds. The van der Waals surface area contributed by atoms with Crippen LogP contribution in [0.1, 0.15) is 36.5 Å². The molecule has 0 N–H and O–H groups in total. The number of nitriles is 1. The summed E-state index contributed by atoms with van der Waals surface area (Å²) >= 11 is 1.25. The van der Waals surface area contributed by atoms with E-state index in [9.17, 15) is 23.2 Å². The smallest absolute Gasteiger partial charge is 0.428 e. The van der Waals surface area contributed by atoms with E-state index in [2.05, 4.69) is 10.1 Å². The average molecular weight is 799 g/mol. The molecule has 0 spiro atoms. The molecule has 2 aliphatic heterocycles. The van der Waals surface area contributed by atoms with Crippen LogP contribution in [0.2, 0.25) is 0 Å². The van der Waals surface area contributed by atoms with Crippen molar-refractivity contribution in [3.05, 3.63) is 101 Å². The SMILES string of the molecule is CC(SC1COC(C=CC=Cc2ccc(C#N)cc2F)OC1)C(Cn1cncn1)(OC(=O)OCOC(=O)CCC(=O)N1CC(N(C)C)C1)c1ccc(F)cc1F. The molecule has 2 atom stereocenters. The van der Waals surface area contributed by atoms with Gasteiger partial charge in [0.25, 0.3) is 0 Å². The summed E-state index contributed by atoms with van der Waals surface area (Å²) < 4.78 is 73.0. The molecule has 14 nitrogen and oxygen atoms in total. The lowest BCUT2D eigenvalue weighted by Gasteiger charge is -2.42. The Morgan fingerprint density at radius 1 is 1.07 bits per heavy atom. The van der Waals surface area contributed by atoms with Crippen molar-refractivity contribution in [2.24, 2.45) is 0 Å². The van der Waals surface area contributed by atoms with Crippen molar-refractivity contribution in [3.63, 3.8) is 0 Å². The van der Waals surface area contributed by atoms with Gasteiger partial charge in [0.1, 0.15) is 30.1 Å². The van der Waals surface area contributed by atoms with Crippen LogP contribution in [0.25, 0.3) is 6.08 Å². The van der Waals surface area contributed by atoms with Gasteiger partial charge in [-0.2, -0.15) is 10.4 Å². The molecule has 3 aromatic rings. The number of esters is 1. The second kappa shape index (κ2) is 19.6. The molecule has 2 aliphatic rings. The molecule has 2 saturated heterocycles. The van der Waals surface area contributed by atoms with Crippen molar-refractivity contribution in [3.8, 4) is 6.07 Å². The van der Waals surface area contributed by atoms with Crippen molar-refractivity contribution < 1.29 is 51.2 Å². The lowest BCUT2D eigenvalue weighted by molar-refractivity contribution is -0.157. The molecule has 0 saturated carbocycles. The fourth-order valence-electron chi connectivity index (χ4n) is 5.87. The summed E-state index contributed by atoms with van der Waals surface area (Å²) in [6.07, 6.45) is 6.60. The average Bonchev–Trinajstić information content (AvgIpc) is 3.65. The van der Waals surface area contributed by atoms with Gasteiger partial charge >= 0.3 is 12.1 Å². The van der Waals surface area contributed by atoms with Gasteiger partial charge in [0.2, 0.25) is 12.7 Å². The first-order valence-corrected chi connectivity index (χ1v) is 18.5. The molecule has 3 heterocycles. The topological polar surface area (TPSA) is 158 Å². The fourth-order valence-corrected chi connectivity index (χ4v) is 7.23. The first-order chi connectivity index (χ1) is 26.9. The molecule has 0 aliphatic carbocycles. The maximum Gasteiger partial charge on any atom is 0.512 e. The largest absolute Gasteiger partial charge is 0.512 e. The third-order valence-corrected chi connectivity index (χ3v) is 10.6. The zero-order valence-corrected chi connectivity index (χ0v) is 31.7. The highest BCUT2D eigenvalue weighted by Crippen LogP contribution is 2.42. The van der Waals surface area contributed by atoms with E-state index in [1.54, 1.807) is 30.1 Å². The van der Waals surface area contributed by atoms with Crippen LogP contribution in [0.5, 0.6) is 0 Å². The third-order valence-electron chi connectivity index (χ3n) is 9.13. The number of nitrogens with zero attached hydrogens (tertiary/aromatic N) is 6. The minimum absolute atomic E-state index is 0.0766. The molecule has 5 rings (SSSR count). The first-order valence-electron chi connectivity index (χ1n) is 17.5. The molecule has 18 heteroatoms. The van der Waals surface area contributed by atoms with Crippen LogP contribution in [0.15, 0.2) is 67.3 Å². The first kappa shape index (κ1) is 41.9. The third kappa shape index (κ3) is 11.2. The molecule has 298 valence electrons. The Bertz CT molecular complexity index is 1930. The number of benzene rings is 2. The molecule has 56 heavy (non-hydrogen) atoms. The van der Waals surface area contributed by atoms with Crippen molar-refractivity contribution in [2.75, 3.05) is 47.2 Å². The summed E-state index contributed by atoms with van der Waals surface area (Å²) in [7, 11) is 3.85. The summed E-state index contributed by atoms with van der Waals surface area (Å²) in [6.45, 7) is 2.02. The number of rotatable bonds is 16. The molecule has 2 unspecified atom stereocenters. The summed E-state index contributed by atoms with van der Waals surface area (Å²) in [5.74, 6) is -3.37. The number of carbonyl (C=O) groups excluding carboxylic acids is 3. The summed E-state index contributed by atoms with van der Waals surface area (Å²) in [6, 6.07) is 9.15. The van der Waals surface area contributed by atoms with Gasteiger partial charge < -0.3 is 33.5 Å². The maximum absolute atomic E-state index is 15.7. The number of carbonyl (C=O) groups is 3. The molecule has 1 aromatic heterocycles. The van der Waals surface area contributed by atoms with E-state index in [1.165, 1.54) is 47.3 Å². The Labute approximate surface area is 325 Å². The monoisotopic (exact) mass is 798 g/mol. The molecule has 0 radical (unpaired) electrons. The van der Waals surface area contributed by atoms with Gasteiger partial charge in [-0.05, 0) is 51.4 Å². The van der Waals surface area contributed by atoms with E-state index in [0.29, 0.717) is 24.7 Å². The van der Waals surface area contributed by atoms with Crippen molar-refractivity contribution in [2.45, 2.75) is 54.7 Å². The second-order valence-electron chi connectivity index (χ2n) is 13.2. The van der Waals surface area contributed by atoms with Crippen molar-refractivity contribution >= 4 is 35.9 Å². The van der Waals surface area contributed by atoms with E-state index >= 15 is 4.39 Å². The van der Waals surface area contributed by atoms with Crippen molar-refractivity contribution in [1.82, 2.24) is 24.6 Å². The van der Waals surface area contributed by atoms with Gasteiger partial charge in [0.05, 0.1) is 43.1 Å². The zero-order valence-electron chi connectivity index (χ0n) is 30.9. The molecule has 2 aromatic carbocycles. The van der Waals surface area contributed by atoms with Gasteiger partial charge in [-0.15, -0.1) is 11.8 Å². The Hall–Kier alpha value is -5.22. The van der Waals surface area contributed by atoms with Gasteiger partial charge in [-0.1, -0.05) is 24.3 Å². The van der Waals surface area contributed by atoms with Crippen LogP contribution in [0.4, 0.5) is 18.0 Å². The number of hydrogen-bond donors (Lipinski definition) is 0. The van der Waals surface area contributed by atoms with E-state index in [4.69, 9.17) is 28.9 Å². The number of ether oxygens (including phenoxy) is 5. The van der Waals surface area contributed by atoms with E-state index in [0.717, 1.165) is 18.2 Å². The normalized spacial score (nSPS) is 19.0. The Kier molecular flexibility index (Phi) is 14.7. The van der Waals surface area contributed by atoms with Crippen molar-refractivity contribution in [1.29, 1.82) is 5.26 Å². The maximum atomic E-state index is 15.7. The van der Waals surface area contributed by atoms with Crippen LogP contribution < -0.4 is 0 Å². The van der Waals surface area contributed by atoms with Crippen LogP contribution in [-0.4, -0.2) is 113 Å². The minimum atomic E-state index is -1.90. The Morgan fingerprint density at radius 2 is 1.84 bits per heavy atom. The molecular weight excluding hydrogens is 758 g/mol. The molecule has 2 fully saturated rings. The summed E-state index contributed by atoms with van der Waals surface area (Å²) in [4.78, 5) is 45.6. The van der Waals surface area contributed by atoms with Gasteiger partial charge in [0, 0.05) is 48.0 Å². The number of likely N-dealkylation sites (tertiary alicyclic amines) is 1. The highest BCUT2D eigenvalue weighted by Gasteiger charge is 2.47. The van der Waals surface area contributed by atoms with Gasteiger partial charge in [-0.25, -0.2) is 27.6 Å². The standard InChI is InChI=1S/C38H41F3N6O8S/c1-25(56-30-19-51-36(52-20-30)7-5-4-6-27-9-8-26(16-42)14-32(27)40)38(21-47-23-43-22-44-47,31-11-10-28(39)15-33(31)41)55-37(50)54-24-53-35(49)13-12-34(48)46-17-29(18-46)45(2)3/h4-11,14-15,22-23,25,29-30,36H,12-13,17-21,24H2,1-3H3. The van der Waals surface area contributed by atoms with Crippen LogP contribution >= 0.6 is 11.8 Å². The zero-order chi connectivity index (χ0) is 40.2. The second-order valence-corrected chi connectivity index (χ2v) is 14.8.